The average Bonchev–Trinajstić information content (AvgIpc) is 3.25. The normalized spacial score (nSPS) is 25.5. The molecule has 2 aliphatic rings. The molecule has 7 nitrogen and oxygen atoms in total. The van der Waals surface area contributed by atoms with E-state index in [2.05, 4.69) is 21.9 Å². The van der Waals surface area contributed by atoms with E-state index in [0.717, 1.165) is 49.5 Å². The summed E-state index contributed by atoms with van der Waals surface area (Å²) in [5.74, 6) is 0.187. The number of fused-ring (bicyclic) bond motifs is 2. The Morgan fingerprint density at radius 1 is 1.52 bits per heavy atom. The zero-order valence-corrected chi connectivity index (χ0v) is 15.3. The maximum Gasteiger partial charge on any atom is 0.313 e. The van der Waals surface area contributed by atoms with E-state index in [4.69, 9.17) is 4.74 Å². The van der Waals surface area contributed by atoms with Crippen molar-refractivity contribution in [1.82, 2.24) is 14.6 Å². The monoisotopic (exact) mass is 362 g/mol. The predicted octanol–water partition coefficient (Wildman–Crippen LogP) is 1.88. The van der Waals surface area contributed by atoms with E-state index in [1.54, 1.807) is 6.07 Å². The van der Waals surface area contributed by atoms with Crippen molar-refractivity contribution >= 4 is 27.4 Å². The summed E-state index contributed by atoms with van der Waals surface area (Å²) < 4.78 is 6.47. The van der Waals surface area contributed by atoms with Gasteiger partial charge in [0.25, 0.3) is 5.56 Å². The smallest absolute Gasteiger partial charge is 0.313 e. The van der Waals surface area contributed by atoms with Gasteiger partial charge in [-0.15, -0.1) is 5.10 Å². The van der Waals surface area contributed by atoms with Crippen LogP contribution in [-0.2, 0) is 16.0 Å². The van der Waals surface area contributed by atoms with Gasteiger partial charge in [-0.05, 0) is 25.2 Å². The number of ether oxygens (including phenoxy) is 1. The molecule has 0 radical (unpaired) electrons. The number of methoxy groups -OCH3 is 1. The minimum absolute atomic E-state index is 0.112. The summed E-state index contributed by atoms with van der Waals surface area (Å²) in [6.07, 6.45) is 4.70. The zero-order chi connectivity index (χ0) is 17.6. The molecule has 1 aliphatic carbocycles. The first-order chi connectivity index (χ1) is 12.1. The largest absolute Gasteiger partial charge is 0.469 e. The number of rotatable bonds is 4. The molecule has 3 heterocycles. The van der Waals surface area contributed by atoms with E-state index >= 15 is 0 Å². The van der Waals surface area contributed by atoms with Crippen molar-refractivity contribution in [3.63, 3.8) is 0 Å². The molecular weight excluding hydrogens is 340 g/mol. The molecule has 0 aromatic carbocycles. The van der Waals surface area contributed by atoms with Crippen LogP contribution < -0.4 is 10.5 Å². The Labute approximate surface area is 149 Å². The van der Waals surface area contributed by atoms with E-state index < -0.39 is 5.41 Å². The van der Waals surface area contributed by atoms with Gasteiger partial charge in [0.2, 0.25) is 10.1 Å². The van der Waals surface area contributed by atoms with Crippen molar-refractivity contribution in [2.24, 2.45) is 11.3 Å². The summed E-state index contributed by atoms with van der Waals surface area (Å²) in [5, 5.41) is 5.23. The van der Waals surface area contributed by atoms with Crippen LogP contribution in [0.5, 0.6) is 0 Å². The first-order valence-corrected chi connectivity index (χ1v) is 9.62. The highest BCUT2D eigenvalue weighted by atomic mass is 32.1. The Morgan fingerprint density at radius 2 is 2.36 bits per heavy atom. The minimum atomic E-state index is -0.418. The number of hydrogen-bond acceptors (Lipinski definition) is 7. The summed E-state index contributed by atoms with van der Waals surface area (Å²) in [5.41, 5.74) is 0.253. The van der Waals surface area contributed by atoms with Crippen molar-refractivity contribution in [3.05, 3.63) is 22.1 Å². The molecule has 4 rings (SSSR count). The van der Waals surface area contributed by atoms with E-state index in [1.165, 1.54) is 23.0 Å². The van der Waals surface area contributed by atoms with Crippen LogP contribution in [0.3, 0.4) is 0 Å². The lowest BCUT2D eigenvalue weighted by Gasteiger charge is -2.25. The number of carbonyl (C=O) groups is 1. The number of hydrogen-bond donors (Lipinski definition) is 0. The Kier molecular flexibility index (Phi) is 4.02. The van der Waals surface area contributed by atoms with Crippen molar-refractivity contribution in [2.45, 2.75) is 39.0 Å². The van der Waals surface area contributed by atoms with Gasteiger partial charge in [-0.1, -0.05) is 31.1 Å². The molecule has 2 fully saturated rings. The lowest BCUT2D eigenvalue weighted by molar-refractivity contribution is -0.152. The van der Waals surface area contributed by atoms with E-state index in [0.29, 0.717) is 17.4 Å². The van der Waals surface area contributed by atoms with Crippen LogP contribution in [-0.4, -0.2) is 40.8 Å². The van der Waals surface area contributed by atoms with Crippen LogP contribution in [0.25, 0.3) is 4.96 Å². The van der Waals surface area contributed by atoms with Gasteiger partial charge in [-0.25, -0.2) is 4.98 Å². The maximum atomic E-state index is 12.4. The maximum absolute atomic E-state index is 12.4. The Hall–Kier alpha value is -1.96. The van der Waals surface area contributed by atoms with Crippen LogP contribution in [0, 0.1) is 11.3 Å². The van der Waals surface area contributed by atoms with E-state index in [-0.39, 0.29) is 11.5 Å². The Bertz CT molecular complexity index is 876. The van der Waals surface area contributed by atoms with Gasteiger partial charge < -0.3 is 9.64 Å². The number of esters is 1. The van der Waals surface area contributed by atoms with Crippen LogP contribution in [0.1, 0.15) is 38.3 Å². The molecule has 2 aromatic heterocycles. The fourth-order valence-electron chi connectivity index (χ4n) is 4.33. The fourth-order valence-corrected chi connectivity index (χ4v) is 5.26. The molecule has 134 valence electrons. The molecule has 0 bridgehead atoms. The van der Waals surface area contributed by atoms with Crippen LogP contribution in [0.2, 0.25) is 0 Å². The first-order valence-electron chi connectivity index (χ1n) is 8.80. The standard InChI is InChI=1S/C17H22N4O3S/c1-3-5-12-8-13(22)21-15(18-12)25-16(19-21)20-9-11-6-4-7-17(11,10-20)14(23)24-2/h8,11H,3-7,9-10H2,1-2H3. The van der Waals surface area contributed by atoms with Gasteiger partial charge in [-0.2, -0.15) is 4.52 Å². The molecule has 2 aromatic rings. The number of aryl methyl sites for hydroxylation is 1. The molecule has 2 unspecified atom stereocenters. The second kappa shape index (κ2) is 6.09. The zero-order valence-electron chi connectivity index (χ0n) is 14.5. The lowest BCUT2D eigenvalue weighted by Crippen LogP contribution is -2.36. The summed E-state index contributed by atoms with van der Waals surface area (Å²) >= 11 is 1.42. The van der Waals surface area contributed by atoms with Crippen molar-refractivity contribution in [3.8, 4) is 0 Å². The topological polar surface area (TPSA) is 76.8 Å². The fraction of sp³-hybridized carbons (Fsp3) is 0.647. The second-order valence-electron chi connectivity index (χ2n) is 7.03. The van der Waals surface area contributed by atoms with Gasteiger partial charge >= 0.3 is 5.97 Å². The molecule has 0 N–H and O–H groups in total. The first kappa shape index (κ1) is 16.5. The van der Waals surface area contributed by atoms with Crippen LogP contribution in [0.4, 0.5) is 5.13 Å². The summed E-state index contributed by atoms with van der Waals surface area (Å²) in [6.45, 7) is 3.46. The predicted molar refractivity (Wildman–Crippen MR) is 95.1 cm³/mol. The summed E-state index contributed by atoms with van der Waals surface area (Å²) in [6, 6.07) is 1.56. The Morgan fingerprint density at radius 3 is 3.12 bits per heavy atom. The molecule has 25 heavy (non-hydrogen) atoms. The third-order valence-electron chi connectivity index (χ3n) is 5.53. The molecular formula is C17H22N4O3S. The van der Waals surface area contributed by atoms with Crippen molar-refractivity contribution in [1.29, 1.82) is 0 Å². The molecule has 1 saturated carbocycles. The third kappa shape index (κ3) is 2.54. The summed E-state index contributed by atoms with van der Waals surface area (Å²) in [7, 11) is 1.46. The molecule has 1 aliphatic heterocycles. The molecule has 8 heteroatoms. The molecule has 0 amide bonds. The highest BCUT2D eigenvalue weighted by Gasteiger charge is 2.56. The molecule has 2 atom stereocenters. The molecule has 0 spiro atoms. The van der Waals surface area contributed by atoms with Gasteiger partial charge in [0.15, 0.2) is 0 Å². The van der Waals surface area contributed by atoms with Crippen molar-refractivity contribution in [2.75, 3.05) is 25.1 Å². The average molecular weight is 362 g/mol. The van der Waals surface area contributed by atoms with Crippen LogP contribution in [0.15, 0.2) is 10.9 Å². The van der Waals surface area contributed by atoms with Crippen molar-refractivity contribution < 1.29 is 9.53 Å². The minimum Gasteiger partial charge on any atom is -0.469 e. The van der Waals surface area contributed by atoms with E-state index in [1.807, 2.05) is 0 Å². The van der Waals surface area contributed by atoms with Gasteiger partial charge in [0.05, 0.1) is 12.5 Å². The van der Waals surface area contributed by atoms with E-state index in [9.17, 15) is 9.59 Å². The second-order valence-corrected chi connectivity index (χ2v) is 7.97. The number of carbonyl (C=O) groups excluding carboxylic acids is 1. The van der Waals surface area contributed by atoms with Crippen LogP contribution >= 0.6 is 11.3 Å². The summed E-state index contributed by atoms with van der Waals surface area (Å²) in [4.78, 5) is 32.0. The quantitative estimate of drug-likeness (QED) is 0.773. The van der Waals surface area contributed by atoms with Gasteiger partial charge in [-0.3, -0.25) is 9.59 Å². The highest BCUT2D eigenvalue weighted by molar-refractivity contribution is 7.20. The number of anilines is 1. The SMILES string of the molecule is CCCc1cc(=O)n2nc(N3CC4CCCC4(C(=O)OC)C3)sc2n1. The highest BCUT2D eigenvalue weighted by Crippen LogP contribution is 2.50. The molecule has 1 saturated heterocycles. The van der Waals surface area contributed by atoms with Gasteiger partial charge in [0.1, 0.15) is 0 Å². The Balaban J connectivity index is 1.68. The number of aromatic nitrogens is 3. The lowest BCUT2D eigenvalue weighted by atomic mass is 9.81. The van der Waals surface area contributed by atoms with Gasteiger partial charge in [0, 0.05) is 24.8 Å². The number of nitrogens with zero attached hydrogens (tertiary/aromatic N) is 4. The third-order valence-corrected chi connectivity index (χ3v) is 6.50.